The number of hydrogen-bond donors (Lipinski definition) is 1. The normalized spacial score (nSPS) is 9.91. The topological polar surface area (TPSA) is 54.4 Å². The molecule has 1 rings (SSSR count). The molecule has 0 fully saturated rings. The molecule has 0 aromatic carbocycles. The summed E-state index contributed by atoms with van der Waals surface area (Å²) in [4.78, 5) is 22.0. The molecule has 0 atom stereocenters. The minimum atomic E-state index is -1.11. The second-order valence-electron chi connectivity index (χ2n) is 1.91. The van der Waals surface area contributed by atoms with Crippen LogP contribution in [0.3, 0.4) is 0 Å². The van der Waals surface area contributed by atoms with Crippen LogP contribution in [0.25, 0.3) is 0 Å². The molecule has 0 amide bonds. The highest BCUT2D eigenvalue weighted by atomic mass is 32.9. The number of carboxylic acid groups (broad SMARTS) is 1. The highest BCUT2D eigenvalue weighted by Gasteiger charge is 2.15. The first-order valence-electron chi connectivity index (χ1n) is 3.02. The maximum atomic E-state index is 10.9. The lowest BCUT2D eigenvalue weighted by Gasteiger charge is -1.89. The summed E-state index contributed by atoms with van der Waals surface area (Å²) in [6.07, 6.45) is 0.616. The van der Waals surface area contributed by atoms with E-state index in [1.54, 1.807) is 0 Å². The Bertz CT molecular complexity index is 323. The van der Waals surface area contributed by atoms with Gasteiger partial charge in [0, 0.05) is 4.88 Å². The summed E-state index contributed by atoms with van der Waals surface area (Å²) in [5.41, 5.74) is -0.0394. The number of aryl methyl sites for hydroxylation is 1. The van der Waals surface area contributed by atoms with Gasteiger partial charge in [-0.1, -0.05) is 17.3 Å². The first kappa shape index (κ1) is 8.42. The maximum Gasteiger partial charge on any atom is 0.341 e. The molecular weight excluding hydrogens is 184 g/mol. The van der Waals surface area contributed by atoms with E-state index in [1.807, 2.05) is 6.92 Å². The summed E-state index contributed by atoms with van der Waals surface area (Å²) in [7, 11) is 2.24. The van der Waals surface area contributed by atoms with Gasteiger partial charge in [-0.25, -0.2) is 4.79 Å². The predicted molar refractivity (Wildman–Crippen MR) is 44.8 cm³/mol. The van der Waals surface area contributed by atoms with E-state index in [4.69, 9.17) is 5.11 Å². The predicted octanol–water partition coefficient (Wildman–Crippen LogP) is 1.43. The molecule has 1 N–H and O–H groups in total. The van der Waals surface area contributed by atoms with E-state index in [0.29, 0.717) is 11.3 Å². The molecule has 5 heteroatoms. The second kappa shape index (κ2) is 3.15. The first-order valence-corrected chi connectivity index (χ1v) is 5.17. The van der Waals surface area contributed by atoms with E-state index in [2.05, 4.69) is 0 Å². The van der Waals surface area contributed by atoms with Gasteiger partial charge in [0.05, 0.1) is 0 Å². The van der Waals surface area contributed by atoms with Gasteiger partial charge in [0.2, 0.25) is 0 Å². The van der Waals surface area contributed by atoms with Gasteiger partial charge < -0.3 is 5.11 Å². The fraction of sp³-hybridized carbons (Fsp3) is 0.333. The van der Waals surface area contributed by atoms with Crippen molar-refractivity contribution in [3.63, 3.8) is 0 Å². The zero-order valence-electron chi connectivity index (χ0n) is 5.79. The molecule has 1 aromatic heterocycles. The van der Waals surface area contributed by atoms with Gasteiger partial charge in [-0.05, 0) is 16.8 Å². The van der Waals surface area contributed by atoms with Gasteiger partial charge >= 0.3 is 5.97 Å². The molecule has 60 valence electrons. The van der Waals surface area contributed by atoms with Crippen molar-refractivity contribution in [3.05, 3.63) is 20.0 Å². The zero-order valence-corrected chi connectivity index (χ0v) is 7.42. The lowest BCUT2D eigenvalue weighted by Crippen LogP contribution is -2.09. The largest absolute Gasteiger partial charge is 0.477 e. The van der Waals surface area contributed by atoms with E-state index in [9.17, 15) is 9.59 Å². The van der Waals surface area contributed by atoms with Crippen molar-refractivity contribution in [2.75, 3.05) is 0 Å². The third-order valence-corrected chi connectivity index (χ3v) is 3.68. The highest BCUT2D eigenvalue weighted by Crippen LogP contribution is 2.16. The summed E-state index contributed by atoms with van der Waals surface area (Å²) < 4.78 is -0.334. The third kappa shape index (κ3) is 1.49. The number of carboxylic acids is 1. The smallest absolute Gasteiger partial charge is 0.341 e. The quantitative estimate of drug-likeness (QED) is 0.718. The second-order valence-corrected chi connectivity index (χ2v) is 4.11. The van der Waals surface area contributed by atoms with E-state index in [1.165, 1.54) is 10.3 Å². The Hall–Kier alpha value is -0.680. The van der Waals surface area contributed by atoms with Crippen LogP contribution in [0.2, 0.25) is 0 Å². The first-order chi connectivity index (χ1) is 5.16. The summed E-state index contributed by atoms with van der Waals surface area (Å²) in [5, 5.41) is 8.58. The summed E-state index contributed by atoms with van der Waals surface area (Å²) in [5.74, 6) is -1.11. The molecule has 1 aromatic rings. The highest BCUT2D eigenvalue weighted by molar-refractivity contribution is 7.68. The van der Waals surface area contributed by atoms with Crippen LogP contribution in [-0.4, -0.2) is 11.1 Å². The summed E-state index contributed by atoms with van der Waals surface area (Å²) >= 11 is 0. The van der Waals surface area contributed by atoms with Crippen molar-refractivity contribution >= 4 is 26.7 Å². The van der Waals surface area contributed by atoms with Crippen molar-refractivity contribution in [1.82, 2.24) is 0 Å². The molecule has 0 saturated carbocycles. The van der Waals surface area contributed by atoms with E-state index < -0.39 is 5.97 Å². The Balaban J connectivity index is 3.29. The fourth-order valence-corrected chi connectivity index (χ4v) is 3.03. The number of rotatable bonds is 2. The van der Waals surface area contributed by atoms with Crippen molar-refractivity contribution in [2.45, 2.75) is 13.3 Å². The molecule has 0 radical (unpaired) electrons. The minimum absolute atomic E-state index is 0.0394. The zero-order chi connectivity index (χ0) is 8.43. The molecule has 0 bridgehead atoms. The van der Waals surface area contributed by atoms with E-state index in [-0.39, 0.29) is 10.3 Å². The molecule has 0 aliphatic heterocycles. The lowest BCUT2D eigenvalue weighted by molar-refractivity contribution is 0.0695. The standard InChI is InChI=1S/C6H6O3S2/c1-2-3-4(5(7)8)6(9)11-10-3/h2H2,1H3,(H,7,8). The SMILES string of the molecule is CCc1ssc(=O)c1C(=O)O. The molecule has 0 spiro atoms. The number of hydrogen-bond acceptors (Lipinski definition) is 4. The van der Waals surface area contributed by atoms with Gasteiger partial charge in [-0.2, -0.15) is 0 Å². The van der Waals surface area contributed by atoms with Crippen LogP contribution >= 0.6 is 20.7 Å². The Morgan fingerprint density at radius 3 is 2.55 bits per heavy atom. The average Bonchev–Trinajstić information content (AvgIpc) is 2.30. The number of aromatic carboxylic acids is 1. The molecule has 11 heavy (non-hydrogen) atoms. The Labute approximate surface area is 70.3 Å². The molecule has 1 heterocycles. The fourth-order valence-electron chi connectivity index (χ4n) is 0.728. The Kier molecular flexibility index (Phi) is 2.41. The van der Waals surface area contributed by atoms with Crippen molar-refractivity contribution in [3.8, 4) is 0 Å². The summed E-state index contributed by atoms with van der Waals surface area (Å²) in [6.45, 7) is 1.84. The van der Waals surface area contributed by atoms with Crippen molar-refractivity contribution < 1.29 is 9.90 Å². The number of carbonyl (C=O) groups is 1. The van der Waals surface area contributed by atoms with Gasteiger partial charge in [-0.15, -0.1) is 0 Å². The van der Waals surface area contributed by atoms with Gasteiger partial charge in [0.1, 0.15) is 5.56 Å². The maximum absolute atomic E-state index is 10.9. The van der Waals surface area contributed by atoms with Crippen LogP contribution in [0.1, 0.15) is 22.2 Å². The van der Waals surface area contributed by atoms with Crippen molar-refractivity contribution in [1.29, 1.82) is 0 Å². The molecule has 0 aliphatic carbocycles. The third-order valence-electron chi connectivity index (χ3n) is 1.24. The molecule has 0 unspecified atom stereocenters. The minimum Gasteiger partial charge on any atom is -0.477 e. The van der Waals surface area contributed by atoms with Crippen LogP contribution in [0.5, 0.6) is 0 Å². The Morgan fingerprint density at radius 2 is 2.18 bits per heavy atom. The molecule has 3 nitrogen and oxygen atoms in total. The van der Waals surface area contributed by atoms with Crippen LogP contribution in [0.4, 0.5) is 0 Å². The van der Waals surface area contributed by atoms with Crippen LogP contribution in [-0.2, 0) is 6.42 Å². The Morgan fingerprint density at radius 1 is 1.55 bits per heavy atom. The van der Waals surface area contributed by atoms with Gasteiger partial charge in [0.15, 0.2) is 0 Å². The summed E-state index contributed by atoms with van der Waals surface area (Å²) in [6, 6.07) is 0. The van der Waals surface area contributed by atoms with Crippen LogP contribution < -0.4 is 4.74 Å². The van der Waals surface area contributed by atoms with Crippen LogP contribution in [0.15, 0.2) is 4.79 Å². The lowest BCUT2D eigenvalue weighted by atomic mass is 10.2. The van der Waals surface area contributed by atoms with Crippen molar-refractivity contribution in [2.24, 2.45) is 0 Å². The molecular formula is C6H6O3S2. The molecule has 0 saturated heterocycles. The van der Waals surface area contributed by atoms with Gasteiger partial charge in [0.25, 0.3) is 4.74 Å². The van der Waals surface area contributed by atoms with E-state index >= 15 is 0 Å². The van der Waals surface area contributed by atoms with Crippen LogP contribution in [0, 0.1) is 0 Å². The van der Waals surface area contributed by atoms with Gasteiger partial charge in [-0.3, -0.25) is 4.79 Å². The molecule has 0 aliphatic rings. The average molecular weight is 190 g/mol. The van der Waals surface area contributed by atoms with E-state index in [0.717, 1.165) is 10.3 Å². The monoisotopic (exact) mass is 190 g/mol.